The van der Waals surface area contributed by atoms with Crippen LogP contribution >= 0.6 is 0 Å². The third kappa shape index (κ3) is 3.71. The molecular formula is C16H25NO2. The van der Waals surface area contributed by atoms with Crippen molar-refractivity contribution in [3.05, 3.63) is 29.3 Å². The third-order valence-corrected chi connectivity index (χ3v) is 3.76. The van der Waals surface area contributed by atoms with Crippen LogP contribution in [0.1, 0.15) is 43.7 Å². The Morgan fingerprint density at radius 3 is 2.63 bits per heavy atom. The van der Waals surface area contributed by atoms with Crippen molar-refractivity contribution in [1.29, 1.82) is 0 Å². The number of hydrogen-bond acceptors (Lipinski definition) is 3. The summed E-state index contributed by atoms with van der Waals surface area (Å²) in [5.41, 5.74) is 8.28. The van der Waals surface area contributed by atoms with Crippen LogP contribution in [0.4, 0.5) is 0 Å². The largest absolute Gasteiger partial charge is 0.491 e. The molecule has 0 bridgehead atoms. The van der Waals surface area contributed by atoms with E-state index in [4.69, 9.17) is 15.2 Å². The van der Waals surface area contributed by atoms with E-state index in [-0.39, 0.29) is 12.2 Å². The fraction of sp³-hybridized carbons (Fsp3) is 0.625. The molecule has 0 aromatic heterocycles. The summed E-state index contributed by atoms with van der Waals surface area (Å²) in [4.78, 5) is 0. The number of rotatable bonds is 5. The molecule has 2 rings (SSSR count). The highest BCUT2D eigenvalue weighted by molar-refractivity contribution is 5.36. The molecule has 0 radical (unpaired) electrons. The molecule has 1 saturated heterocycles. The first-order valence-electron chi connectivity index (χ1n) is 7.19. The van der Waals surface area contributed by atoms with Crippen LogP contribution in [-0.2, 0) is 4.74 Å². The normalized spacial score (nSPS) is 23.0. The molecule has 0 saturated carbocycles. The Bertz CT molecular complexity index is 417. The van der Waals surface area contributed by atoms with Crippen LogP contribution in [0.5, 0.6) is 5.75 Å². The quantitative estimate of drug-likeness (QED) is 0.888. The summed E-state index contributed by atoms with van der Waals surface area (Å²) < 4.78 is 11.6. The van der Waals surface area contributed by atoms with Gasteiger partial charge in [0.05, 0.1) is 12.2 Å². The number of hydrogen-bond donors (Lipinski definition) is 1. The van der Waals surface area contributed by atoms with Gasteiger partial charge in [-0.1, -0.05) is 19.9 Å². The lowest BCUT2D eigenvalue weighted by atomic mass is 9.98. The van der Waals surface area contributed by atoms with E-state index >= 15 is 0 Å². The van der Waals surface area contributed by atoms with Crippen LogP contribution in [0.25, 0.3) is 0 Å². The standard InChI is InChI=1S/C16H25NO2/c1-11(2)16-7-6-13(8-12(16)3)18-10-15-5-4-14(9-17)19-15/h6-8,11,14-15H,4-5,9-10,17H2,1-3H3. The smallest absolute Gasteiger partial charge is 0.119 e. The molecule has 1 fully saturated rings. The van der Waals surface area contributed by atoms with Gasteiger partial charge in [0.2, 0.25) is 0 Å². The van der Waals surface area contributed by atoms with Crippen molar-refractivity contribution in [2.75, 3.05) is 13.2 Å². The molecule has 1 aromatic carbocycles. The lowest BCUT2D eigenvalue weighted by Crippen LogP contribution is -2.23. The SMILES string of the molecule is Cc1cc(OCC2CCC(CN)O2)ccc1C(C)C. The van der Waals surface area contributed by atoms with E-state index in [9.17, 15) is 0 Å². The Morgan fingerprint density at radius 1 is 1.32 bits per heavy atom. The highest BCUT2D eigenvalue weighted by Crippen LogP contribution is 2.25. The molecule has 19 heavy (non-hydrogen) atoms. The van der Waals surface area contributed by atoms with Crippen molar-refractivity contribution >= 4 is 0 Å². The third-order valence-electron chi connectivity index (χ3n) is 3.76. The molecule has 1 aliphatic heterocycles. The molecular weight excluding hydrogens is 238 g/mol. The van der Waals surface area contributed by atoms with E-state index in [1.54, 1.807) is 0 Å². The molecule has 0 spiro atoms. The van der Waals surface area contributed by atoms with Gasteiger partial charge in [-0.2, -0.15) is 0 Å². The Balaban J connectivity index is 1.88. The van der Waals surface area contributed by atoms with Gasteiger partial charge in [0.15, 0.2) is 0 Å². The van der Waals surface area contributed by atoms with Gasteiger partial charge in [0.25, 0.3) is 0 Å². The summed E-state index contributed by atoms with van der Waals surface area (Å²) in [6.07, 6.45) is 2.51. The number of benzene rings is 1. The number of nitrogens with two attached hydrogens (primary N) is 1. The molecule has 2 N–H and O–H groups in total. The zero-order valence-corrected chi connectivity index (χ0v) is 12.2. The minimum Gasteiger partial charge on any atom is -0.491 e. The summed E-state index contributed by atoms with van der Waals surface area (Å²) >= 11 is 0. The summed E-state index contributed by atoms with van der Waals surface area (Å²) in [6, 6.07) is 6.33. The maximum atomic E-state index is 5.83. The van der Waals surface area contributed by atoms with Crippen LogP contribution in [0.2, 0.25) is 0 Å². The van der Waals surface area contributed by atoms with Crippen LogP contribution in [0.15, 0.2) is 18.2 Å². The van der Waals surface area contributed by atoms with Crippen molar-refractivity contribution in [3.63, 3.8) is 0 Å². The maximum Gasteiger partial charge on any atom is 0.119 e. The van der Waals surface area contributed by atoms with Gasteiger partial charge in [-0.25, -0.2) is 0 Å². The molecule has 0 aliphatic carbocycles. The van der Waals surface area contributed by atoms with E-state index in [0.29, 0.717) is 19.1 Å². The second kappa shape index (κ2) is 6.40. The maximum absolute atomic E-state index is 5.83. The van der Waals surface area contributed by atoms with E-state index < -0.39 is 0 Å². The molecule has 1 aliphatic rings. The fourth-order valence-corrected chi connectivity index (χ4v) is 2.65. The zero-order chi connectivity index (χ0) is 13.8. The summed E-state index contributed by atoms with van der Waals surface area (Å²) in [5.74, 6) is 1.49. The lowest BCUT2D eigenvalue weighted by Gasteiger charge is -2.15. The van der Waals surface area contributed by atoms with Crippen LogP contribution in [0.3, 0.4) is 0 Å². The first-order chi connectivity index (χ1) is 9.10. The average molecular weight is 263 g/mol. The van der Waals surface area contributed by atoms with Crippen molar-refractivity contribution in [3.8, 4) is 5.75 Å². The molecule has 3 nitrogen and oxygen atoms in total. The predicted molar refractivity (Wildman–Crippen MR) is 77.7 cm³/mol. The Hall–Kier alpha value is -1.06. The molecule has 106 valence electrons. The molecule has 0 amide bonds. The average Bonchev–Trinajstić information content (AvgIpc) is 2.84. The topological polar surface area (TPSA) is 44.5 Å². The minimum absolute atomic E-state index is 0.193. The highest BCUT2D eigenvalue weighted by atomic mass is 16.5. The van der Waals surface area contributed by atoms with Crippen molar-refractivity contribution in [2.24, 2.45) is 5.73 Å². The fourth-order valence-electron chi connectivity index (χ4n) is 2.65. The van der Waals surface area contributed by atoms with Crippen LogP contribution in [0, 0.1) is 6.92 Å². The Morgan fingerprint density at radius 2 is 2.05 bits per heavy atom. The molecule has 2 unspecified atom stereocenters. The van der Waals surface area contributed by atoms with Gasteiger partial charge in [-0.3, -0.25) is 0 Å². The number of ether oxygens (including phenoxy) is 2. The minimum atomic E-state index is 0.193. The second-order valence-corrected chi connectivity index (χ2v) is 5.68. The number of aryl methyl sites for hydroxylation is 1. The molecule has 1 heterocycles. The van der Waals surface area contributed by atoms with Gasteiger partial charge in [-0.15, -0.1) is 0 Å². The van der Waals surface area contributed by atoms with E-state index in [1.807, 2.05) is 0 Å². The van der Waals surface area contributed by atoms with Crippen molar-refractivity contribution in [1.82, 2.24) is 0 Å². The van der Waals surface area contributed by atoms with Gasteiger partial charge in [0.1, 0.15) is 12.4 Å². The van der Waals surface area contributed by atoms with Gasteiger partial charge >= 0.3 is 0 Å². The van der Waals surface area contributed by atoms with E-state index in [1.165, 1.54) is 11.1 Å². The first-order valence-corrected chi connectivity index (χ1v) is 7.19. The van der Waals surface area contributed by atoms with Gasteiger partial charge < -0.3 is 15.2 Å². The van der Waals surface area contributed by atoms with E-state index in [0.717, 1.165) is 18.6 Å². The molecule has 2 atom stereocenters. The highest BCUT2D eigenvalue weighted by Gasteiger charge is 2.24. The first kappa shape index (κ1) is 14.4. The van der Waals surface area contributed by atoms with Crippen molar-refractivity contribution in [2.45, 2.75) is 51.7 Å². The van der Waals surface area contributed by atoms with Gasteiger partial charge in [0, 0.05) is 6.54 Å². The molecule has 3 heteroatoms. The second-order valence-electron chi connectivity index (χ2n) is 5.68. The Kier molecular flexibility index (Phi) is 4.83. The predicted octanol–water partition coefficient (Wildman–Crippen LogP) is 3.00. The van der Waals surface area contributed by atoms with Crippen molar-refractivity contribution < 1.29 is 9.47 Å². The summed E-state index contributed by atoms with van der Waals surface area (Å²) in [6.45, 7) is 7.79. The summed E-state index contributed by atoms with van der Waals surface area (Å²) in [7, 11) is 0. The monoisotopic (exact) mass is 263 g/mol. The zero-order valence-electron chi connectivity index (χ0n) is 12.2. The van der Waals surface area contributed by atoms with Crippen LogP contribution < -0.4 is 10.5 Å². The Labute approximate surface area is 116 Å². The molecule has 1 aromatic rings. The van der Waals surface area contributed by atoms with Gasteiger partial charge in [-0.05, 0) is 48.9 Å². The lowest BCUT2D eigenvalue weighted by molar-refractivity contribution is 0.0222. The summed E-state index contributed by atoms with van der Waals surface area (Å²) in [5, 5.41) is 0. The van der Waals surface area contributed by atoms with E-state index in [2.05, 4.69) is 39.0 Å². The van der Waals surface area contributed by atoms with Crippen LogP contribution in [-0.4, -0.2) is 25.4 Å².